The Kier molecular flexibility index (Phi) is 5.14. The standard InChI is InChI=1S/C10H21NOS/c1-9(8-13)6-11-4-3-5-12-10(2)7-11/h9-10,13H,3-8H2,1-2H3. The zero-order valence-electron chi connectivity index (χ0n) is 8.70. The van der Waals surface area contributed by atoms with Crippen molar-refractivity contribution in [2.45, 2.75) is 26.4 Å². The lowest BCUT2D eigenvalue weighted by molar-refractivity contribution is 0.0663. The molecule has 1 saturated heterocycles. The number of ether oxygens (including phenoxy) is 1. The van der Waals surface area contributed by atoms with Crippen LogP contribution in [0.15, 0.2) is 0 Å². The summed E-state index contributed by atoms with van der Waals surface area (Å²) in [6, 6.07) is 0. The van der Waals surface area contributed by atoms with E-state index < -0.39 is 0 Å². The van der Waals surface area contributed by atoms with Gasteiger partial charge in [0.05, 0.1) is 6.10 Å². The van der Waals surface area contributed by atoms with Gasteiger partial charge >= 0.3 is 0 Å². The minimum atomic E-state index is 0.398. The highest BCUT2D eigenvalue weighted by Crippen LogP contribution is 2.08. The number of hydrogen-bond acceptors (Lipinski definition) is 3. The normalized spacial score (nSPS) is 28.4. The molecule has 1 fully saturated rings. The van der Waals surface area contributed by atoms with Crippen molar-refractivity contribution < 1.29 is 4.74 Å². The largest absolute Gasteiger partial charge is 0.377 e. The van der Waals surface area contributed by atoms with E-state index in [0.29, 0.717) is 12.0 Å². The molecule has 0 aromatic heterocycles. The van der Waals surface area contributed by atoms with Crippen molar-refractivity contribution in [3.05, 3.63) is 0 Å². The Hall–Kier alpha value is 0.270. The van der Waals surface area contributed by atoms with Crippen LogP contribution in [0.2, 0.25) is 0 Å². The molecule has 1 heterocycles. The third-order valence-corrected chi connectivity index (χ3v) is 3.04. The molecule has 0 spiro atoms. The molecule has 1 rings (SSSR count). The van der Waals surface area contributed by atoms with Crippen LogP contribution >= 0.6 is 12.6 Å². The maximum atomic E-state index is 5.59. The summed E-state index contributed by atoms with van der Waals surface area (Å²) >= 11 is 4.31. The van der Waals surface area contributed by atoms with Crippen LogP contribution in [0.3, 0.4) is 0 Å². The number of nitrogens with zero attached hydrogens (tertiary/aromatic N) is 1. The number of hydrogen-bond donors (Lipinski definition) is 1. The summed E-state index contributed by atoms with van der Waals surface area (Å²) in [6.45, 7) is 8.76. The fourth-order valence-corrected chi connectivity index (χ4v) is 1.86. The lowest BCUT2D eigenvalue weighted by Crippen LogP contribution is -2.34. The monoisotopic (exact) mass is 203 g/mol. The smallest absolute Gasteiger partial charge is 0.0673 e. The van der Waals surface area contributed by atoms with Crippen molar-refractivity contribution in [2.75, 3.05) is 32.0 Å². The van der Waals surface area contributed by atoms with Crippen molar-refractivity contribution in [2.24, 2.45) is 5.92 Å². The second kappa shape index (κ2) is 5.89. The second-order valence-electron chi connectivity index (χ2n) is 4.08. The summed E-state index contributed by atoms with van der Waals surface area (Å²) in [4.78, 5) is 2.50. The third kappa shape index (κ3) is 4.34. The number of rotatable bonds is 3. The molecule has 0 amide bonds. The predicted octanol–water partition coefficient (Wildman–Crippen LogP) is 1.66. The summed E-state index contributed by atoms with van der Waals surface area (Å²) < 4.78 is 5.59. The maximum Gasteiger partial charge on any atom is 0.0673 e. The first kappa shape index (κ1) is 11.3. The molecule has 0 aromatic rings. The highest BCUT2D eigenvalue weighted by atomic mass is 32.1. The summed E-state index contributed by atoms with van der Waals surface area (Å²) in [6.07, 6.45) is 1.57. The van der Waals surface area contributed by atoms with Gasteiger partial charge in [0.2, 0.25) is 0 Å². The molecule has 2 nitrogen and oxygen atoms in total. The fourth-order valence-electron chi connectivity index (χ4n) is 1.74. The van der Waals surface area contributed by atoms with E-state index in [2.05, 4.69) is 31.4 Å². The molecule has 0 bridgehead atoms. The number of thiol groups is 1. The Morgan fingerprint density at radius 2 is 2.38 bits per heavy atom. The minimum Gasteiger partial charge on any atom is -0.377 e. The Bertz CT molecular complexity index is 143. The van der Waals surface area contributed by atoms with Crippen LogP contribution in [0.4, 0.5) is 0 Å². The van der Waals surface area contributed by atoms with E-state index in [1.54, 1.807) is 0 Å². The Morgan fingerprint density at radius 3 is 3.08 bits per heavy atom. The Morgan fingerprint density at radius 1 is 1.62 bits per heavy atom. The van der Waals surface area contributed by atoms with E-state index in [1.165, 1.54) is 13.0 Å². The van der Waals surface area contributed by atoms with E-state index in [-0.39, 0.29) is 0 Å². The van der Waals surface area contributed by atoms with Gasteiger partial charge in [-0.25, -0.2) is 0 Å². The van der Waals surface area contributed by atoms with Gasteiger partial charge in [-0.3, -0.25) is 0 Å². The first-order valence-electron chi connectivity index (χ1n) is 5.17. The molecule has 78 valence electrons. The van der Waals surface area contributed by atoms with Gasteiger partial charge < -0.3 is 9.64 Å². The summed E-state index contributed by atoms with van der Waals surface area (Å²) in [7, 11) is 0. The first-order valence-corrected chi connectivity index (χ1v) is 5.80. The van der Waals surface area contributed by atoms with Crippen molar-refractivity contribution in [1.82, 2.24) is 4.90 Å². The van der Waals surface area contributed by atoms with Crippen molar-refractivity contribution in [1.29, 1.82) is 0 Å². The van der Waals surface area contributed by atoms with Gasteiger partial charge in [0.1, 0.15) is 0 Å². The van der Waals surface area contributed by atoms with Gasteiger partial charge in [-0.05, 0) is 25.0 Å². The molecule has 3 heteroatoms. The molecule has 1 aliphatic heterocycles. The third-order valence-electron chi connectivity index (χ3n) is 2.42. The quantitative estimate of drug-likeness (QED) is 0.700. The van der Waals surface area contributed by atoms with Gasteiger partial charge in [0.25, 0.3) is 0 Å². The van der Waals surface area contributed by atoms with E-state index in [4.69, 9.17) is 4.74 Å². The van der Waals surface area contributed by atoms with Gasteiger partial charge in [-0.1, -0.05) is 6.92 Å². The molecule has 2 unspecified atom stereocenters. The van der Waals surface area contributed by atoms with Crippen molar-refractivity contribution in [3.63, 3.8) is 0 Å². The summed E-state index contributed by atoms with van der Waals surface area (Å²) in [5.74, 6) is 1.67. The Labute approximate surface area is 87.0 Å². The van der Waals surface area contributed by atoms with Crippen LogP contribution in [0.25, 0.3) is 0 Å². The molecule has 2 atom stereocenters. The average molecular weight is 203 g/mol. The van der Waals surface area contributed by atoms with Gasteiger partial charge in [0, 0.05) is 26.2 Å². The van der Waals surface area contributed by atoms with Crippen LogP contribution in [-0.2, 0) is 4.74 Å². The van der Waals surface area contributed by atoms with Crippen LogP contribution in [-0.4, -0.2) is 43.0 Å². The summed E-state index contributed by atoms with van der Waals surface area (Å²) in [5.41, 5.74) is 0. The molecule has 0 aromatic carbocycles. The summed E-state index contributed by atoms with van der Waals surface area (Å²) in [5, 5.41) is 0. The van der Waals surface area contributed by atoms with E-state index in [1.807, 2.05) is 0 Å². The second-order valence-corrected chi connectivity index (χ2v) is 4.45. The molecular weight excluding hydrogens is 182 g/mol. The predicted molar refractivity (Wildman–Crippen MR) is 59.5 cm³/mol. The molecule has 0 aliphatic carbocycles. The van der Waals surface area contributed by atoms with Gasteiger partial charge in [-0.15, -0.1) is 0 Å². The van der Waals surface area contributed by atoms with E-state index in [9.17, 15) is 0 Å². The van der Waals surface area contributed by atoms with Crippen LogP contribution < -0.4 is 0 Å². The molecule has 0 N–H and O–H groups in total. The highest BCUT2D eigenvalue weighted by molar-refractivity contribution is 7.80. The first-order chi connectivity index (χ1) is 6.22. The van der Waals surface area contributed by atoms with Crippen LogP contribution in [0.1, 0.15) is 20.3 Å². The molecular formula is C10H21NOS. The topological polar surface area (TPSA) is 12.5 Å². The van der Waals surface area contributed by atoms with Gasteiger partial charge in [0.15, 0.2) is 0 Å². The minimum absolute atomic E-state index is 0.398. The molecule has 0 radical (unpaired) electrons. The van der Waals surface area contributed by atoms with E-state index >= 15 is 0 Å². The average Bonchev–Trinajstić information content (AvgIpc) is 2.30. The van der Waals surface area contributed by atoms with Crippen molar-refractivity contribution in [3.8, 4) is 0 Å². The lowest BCUT2D eigenvalue weighted by atomic mass is 10.2. The van der Waals surface area contributed by atoms with E-state index in [0.717, 1.165) is 25.4 Å². The highest BCUT2D eigenvalue weighted by Gasteiger charge is 2.16. The lowest BCUT2D eigenvalue weighted by Gasteiger charge is -2.24. The molecule has 1 aliphatic rings. The van der Waals surface area contributed by atoms with Crippen LogP contribution in [0, 0.1) is 5.92 Å². The van der Waals surface area contributed by atoms with Crippen LogP contribution in [0.5, 0.6) is 0 Å². The van der Waals surface area contributed by atoms with Crippen molar-refractivity contribution >= 4 is 12.6 Å². The zero-order chi connectivity index (χ0) is 9.68. The maximum absolute atomic E-state index is 5.59. The SMILES string of the molecule is CC(CS)CN1CCCOC(C)C1. The van der Waals surface area contributed by atoms with Gasteiger partial charge in [-0.2, -0.15) is 12.6 Å². The zero-order valence-corrected chi connectivity index (χ0v) is 9.59. The Balaban J connectivity index is 2.30. The molecule has 13 heavy (non-hydrogen) atoms. The fraction of sp³-hybridized carbons (Fsp3) is 1.00. The molecule has 0 saturated carbocycles.